The van der Waals surface area contributed by atoms with Crippen LogP contribution in [-0.4, -0.2) is 47.8 Å². The normalized spacial score (nSPS) is 19.9. The summed E-state index contributed by atoms with van der Waals surface area (Å²) in [5.74, 6) is -2.23. The molecule has 0 aromatic heterocycles. The molecule has 3 rings (SSSR count). The summed E-state index contributed by atoms with van der Waals surface area (Å²) in [6.07, 6.45) is 5.51. The summed E-state index contributed by atoms with van der Waals surface area (Å²) < 4.78 is 5.03. The minimum absolute atomic E-state index is 0.0200. The first-order valence-corrected chi connectivity index (χ1v) is 9.65. The molecule has 28 heavy (non-hydrogen) atoms. The summed E-state index contributed by atoms with van der Waals surface area (Å²) in [7, 11) is 0. The van der Waals surface area contributed by atoms with E-state index in [-0.39, 0.29) is 18.4 Å². The monoisotopic (exact) mass is 387 g/mol. The SMILES string of the molecule is O=C(COC(=O)[C@@H]1CC(=O)N(C2CCCCC2)C1)NNC(=O)c1ccccc1. The van der Waals surface area contributed by atoms with Crippen molar-refractivity contribution in [3.8, 4) is 0 Å². The zero-order valence-electron chi connectivity index (χ0n) is 15.7. The first kappa shape index (κ1) is 19.9. The summed E-state index contributed by atoms with van der Waals surface area (Å²) in [6, 6.07) is 8.62. The Kier molecular flexibility index (Phi) is 6.62. The summed E-state index contributed by atoms with van der Waals surface area (Å²) >= 11 is 0. The fourth-order valence-electron chi connectivity index (χ4n) is 3.71. The second kappa shape index (κ2) is 9.34. The first-order chi connectivity index (χ1) is 13.5. The number of rotatable bonds is 5. The van der Waals surface area contributed by atoms with Gasteiger partial charge in [-0.1, -0.05) is 37.5 Å². The van der Waals surface area contributed by atoms with E-state index < -0.39 is 30.3 Å². The van der Waals surface area contributed by atoms with E-state index in [9.17, 15) is 19.2 Å². The Hall–Kier alpha value is -2.90. The summed E-state index contributed by atoms with van der Waals surface area (Å²) in [5, 5.41) is 0. The van der Waals surface area contributed by atoms with Crippen LogP contribution in [0.25, 0.3) is 0 Å². The van der Waals surface area contributed by atoms with Crippen LogP contribution in [0.3, 0.4) is 0 Å². The molecule has 2 fully saturated rings. The molecule has 1 aromatic rings. The lowest BCUT2D eigenvalue weighted by molar-refractivity contribution is -0.152. The fourth-order valence-corrected chi connectivity index (χ4v) is 3.71. The van der Waals surface area contributed by atoms with Crippen LogP contribution in [0.4, 0.5) is 0 Å². The third kappa shape index (κ3) is 5.09. The summed E-state index contributed by atoms with van der Waals surface area (Å²) in [4.78, 5) is 49.9. The van der Waals surface area contributed by atoms with Gasteiger partial charge in [0.15, 0.2) is 6.61 Å². The molecule has 0 radical (unpaired) electrons. The van der Waals surface area contributed by atoms with Crippen LogP contribution >= 0.6 is 0 Å². The number of carbonyl (C=O) groups excluding carboxylic acids is 4. The van der Waals surface area contributed by atoms with Crippen LogP contribution in [0.2, 0.25) is 0 Å². The average Bonchev–Trinajstić information content (AvgIpc) is 3.13. The third-order valence-corrected chi connectivity index (χ3v) is 5.20. The van der Waals surface area contributed by atoms with Gasteiger partial charge in [0.1, 0.15) is 0 Å². The summed E-state index contributed by atoms with van der Waals surface area (Å²) in [6.45, 7) is -0.156. The van der Waals surface area contributed by atoms with Gasteiger partial charge >= 0.3 is 5.97 Å². The lowest BCUT2D eigenvalue weighted by Crippen LogP contribution is -2.44. The lowest BCUT2D eigenvalue weighted by Gasteiger charge is -2.31. The number of carbonyl (C=O) groups is 4. The maximum atomic E-state index is 12.2. The van der Waals surface area contributed by atoms with E-state index in [2.05, 4.69) is 10.9 Å². The molecule has 8 nitrogen and oxygen atoms in total. The molecular weight excluding hydrogens is 362 g/mol. The molecule has 2 aliphatic rings. The molecule has 1 saturated heterocycles. The van der Waals surface area contributed by atoms with Crippen molar-refractivity contribution in [2.75, 3.05) is 13.2 Å². The van der Waals surface area contributed by atoms with E-state index in [4.69, 9.17) is 4.74 Å². The van der Waals surface area contributed by atoms with E-state index in [1.54, 1.807) is 35.2 Å². The zero-order valence-corrected chi connectivity index (χ0v) is 15.7. The van der Waals surface area contributed by atoms with Crippen LogP contribution in [0.5, 0.6) is 0 Å². The number of hydrazine groups is 1. The predicted octanol–water partition coefficient (Wildman–Crippen LogP) is 1.17. The van der Waals surface area contributed by atoms with Gasteiger partial charge in [0.05, 0.1) is 5.92 Å². The molecule has 150 valence electrons. The van der Waals surface area contributed by atoms with Crippen LogP contribution in [0, 0.1) is 5.92 Å². The van der Waals surface area contributed by atoms with E-state index in [1.807, 2.05) is 0 Å². The second-order valence-corrected chi connectivity index (χ2v) is 7.22. The first-order valence-electron chi connectivity index (χ1n) is 9.65. The minimum Gasteiger partial charge on any atom is -0.455 e. The Balaban J connectivity index is 1.39. The highest BCUT2D eigenvalue weighted by molar-refractivity contribution is 5.95. The molecule has 3 amide bonds. The van der Waals surface area contributed by atoms with Crippen molar-refractivity contribution >= 4 is 23.7 Å². The largest absolute Gasteiger partial charge is 0.455 e. The smallest absolute Gasteiger partial charge is 0.311 e. The highest BCUT2D eigenvalue weighted by atomic mass is 16.5. The van der Waals surface area contributed by atoms with Gasteiger partial charge in [0.2, 0.25) is 5.91 Å². The molecule has 2 N–H and O–H groups in total. The number of amides is 3. The molecule has 1 saturated carbocycles. The van der Waals surface area contributed by atoms with E-state index >= 15 is 0 Å². The van der Waals surface area contributed by atoms with Crippen molar-refractivity contribution in [2.45, 2.75) is 44.6 Å². The summed E-state index contributed by atoms with van der Waals surface area (Å²) in [5.41, 5.74) is 4.86. The van der Waals surface area contributed by atoms with E-state index in [0.717, 1.165) is 25.7 Å². The maximum absolute atomic E-state index is 12.2. The van der Waals surface area contributed by atoms with Crippen LogP contribution in [0.1, 0.15) is 48.9 Å². The number of nitrogens with one attached hydrogen (secondary N) is 2. The molecule has 0 unspecified atom stereocenters. The number of hydrogen-bond acceptors (Lipinski definition) is 5. The molecule has 8 heteroatoms. The van der Waals surface area contributed by atoms with Gasteiger partial charge in [-0.25, -0.2) is 0 Å². The second-order valence-electron chi connectivity index (χ2n) is 7.22. The quantitative estimate of drug-likeness (QED) is 0.583. The molecule has 1 heterocycles. The van der Waals surface area contributed by atoms with Gasteiger partial charge in [0.25, 0.3) is 11.8 Å². The number of ether oxygens (including phenoxy) is 1. The lowest BCUT2D eigenvalue weighted by atomic mass is 9.94. The average molecular weight is 387 g/mol. The van der Waals surface area contributed by atoms with Gasteiger partial charge in [-0.15, -0.1) is 0 Å². The van der Waals surface area contributed by atoms with Gasteiger partial charge in [0, 0.05) is 24.6 Å². The van der Waals surface area contributed by atoms with Crippen molar-refractivity contribution in [3.63, 3.8) is 0 Å². The molecule has 1 aromatic carbocycles. The third-order valence-electron chi connectivity index (χ3n) is 5.20. The van der Waals surface area contributed by atoms with Crippen molar-refractivity contribution < 1.29 is 23.9 Å². The standard InChI is InChI=1S/C20H25N3O5/c24-17(21-22-19(26)14-7-3-1-4-8-14)13-28-20(27)15-11-18(25)23(12-15)16-9-5-2-6-10-16/h1,3-4,7-8,15-16H,2,5-6,9-13H2,(H,21,24)(H,22,26)/t15-/m1/s1. The molecule has 1 aliphatic carbocycles. The molecule has 1 aliphatic heterocycles. The number of hydrogen-bond donors (Lipinski definition) is 2. The van der Waals surface area contributed by atoms with Crippen LogP contribution in [0.15, 0.2) is 30.3 Å². The highest BCUT2D eigenvalue weighted by Crippen LogP contribution is 2.29. The Bertz CT molecular complexity index is 731. The minimum atomic E-state index is -0.647. The molecule has 1 atom stereocenters. The van der Waals surface area contributed by atoms with Crippen molar-refractivity contribution in [1.82, 2.24) is 15.8 Å². The predicted molar refractivity (Wildman–Crippen MR) is 99.7 cm³/mol. The van der Waals surface area contributed by atoms with Gasteiger partial charge in [-0.2, -0.15) is 0 Å². The maximum Gasteiger partial charge on any atom is 0.311 e. The Morgan fingerprint density at radius 2 is 1.75 bits per heavy atom. The molecular formula is C20H25N3O5. The van der Waals surface area contributed by atoms with Crippen LogP contribution in [-0.2, 0) is 19.1 Å². The van der Waals surface area contributed by atoms with Crippen molar-refractivity contribution in [2.24, 2.45) is 5.92 Å². The van der Waals surface area contributed by atoms with E-state index in [0.29, 0.717) is 12.1 Å². The van der Waals surface area contributed by atoms with Gasteiger partial charge in [-0.3, -0.25) is 30.0 Å². The number of likely N-dealkylation sites (tertiary alicyclic amines) is 1. The van der Waals surface area contributed by atoms with Crippen molar-refractivity contribution in [3.05, 3.63) is 35.9 Å². The van der Waals surface area contributed by atoms with Gasteiger partial charge < -0.3 is 9.64 Å². The number of esters is 1. The fraction of sp³-hybridized carbons (Fsp3) is 0.500. The Labute approximate surface area is 163 Å². The number of nitrogens with zero attached hydrogens (tertiary/aromatic N) is 1. The Morgan fingerprint density at radius 1 is 1.04 bits per heavy atom. The molecule has 0 spiro atoms. The van der Waals surface area contributed by atoms with Crippen molar-refractivity contribution in [1.29, 1.82) is 0 Å². The molecule has 0 bridgehead atoms. The van der Waals surface area contributed by atoms with E-state index in [1.165, 1.54) is 6.42 Å². The van der Waals surface area contributed by atoms with Gasteiger partial charge in [-0.05, 0) is 25.0 Å². The number of benzene rings is 1. The highest BCUT2D eigenvalue weighted by Gasteiger charge is 2.39. The van der Waals surface area contributed by atoms with Crippen LogP contribution < -0.4 is 10.9 Å². The topological polar surface area (TPSA) is 105 Å². The zero-order chi connectivity index (χ0) is 19.9. The Morgan fingerprint density at radius 3 is 2.46 bits per heavy atom.